The molecule has 3 heterocycles. The molecule has 1 aromatic rings. The lowest BCUT2D eigenvalue weighted by atomic mass is 9.89. The third kappa shape index (κ3) is 4.83. The Kier molecular flexibility index (Phi) is 6.55. The zero-order valence-corrected chi connectivity index (χ0v) is 16.4. The molecule has 1 aliphatic carbocycles. The fraction of sp³-hybridized carbons (Fsp3) is 0.818. The highest BCUT2D eigenvalue weighted by atomic mass is 15.2. The van der Waals surface area contributed by atoms with E-state index in [4.69, 9.17) is 9.97 Å². The van der Waals surface area contributed by atoms with Gasteiger partial charge in [0.15, 0.2) is 0 Å². The molecule has 4 rings (SSSR count). The summed E-state index contributed by atoms with van der Waals surface area (Å²) in [5, 5.41) is 0. The summed E-state index contributed by atoms with van der Waals surface area (Å²) in [6.45, 7) is 6.22. The van der Waals surface area contributed by atoms with E-state index < -0.39 is 0 Å². The van der Waals surface area contributed by atoms with E-state index >= 15 is 0 Å². The highest BCUT2D eigenvalue weighted by molar-refractivity contribution is 5.08. The van der Waals surface area contributed by atoms with E-state index in [1.54, 1.807) is 0 Å². The molecular formula is C22H36N4. The van der Waals surface area contributed by atoms with Gasteiger partial charge in [-0.25, -0.2) is 9.97 Å². The molecule has 26 heavy (non-hydrogen) atoms. The Morgan fingerprint density at radius 3 is 2.27 bits per heavy atom. The number of nitrogens with zero attached hydrogens (tertiary/aromatic N) is 4. The molecule has 1 aromatic heterocycles. The van der Waals surface area contributed by atoms with E-state index in [0.29, 0.717) is 5.92 Å². The summed E-state index contributed by atoms with van der Waals surface area (Å²) in [6.07, 6.45) is 19.1. The van der Waals surface area contributed by atoms with Crippen molar-refractivity contribution in [1.82, 2.24) is 19.8 Å². The van der Waals surface area contributed by atoms with Crippen LogP contribution in [-0.2, 0) is 6.54 Å². The molecule has 3 fully saturated rings. The Morgan fingerprint density at radius 2 is 1.50 bits per heavy atom. The van der Waals surface area contributed by atoms with Crippen LogP contribution in [0.2, 0.25) is 0 Å². The maximum absolute atomic E-state index is 4.76. The molecule has 1 saturated carbocycles. The summed E-state index contributed by atoms with van der Waals surface area (Å²) in [7, 11) is 0. The van der Waals surface area contributed by atoms with E-state index in [0.717, 1.165) is 18.4 Å². The molecule has 0 spiro atoms. The Morgan fingerprint density at radius 1 is 0.808 bits per heavy atom. The molecule has 0 bridgehead atoms. The number of hydrogen-bond donors (Lipinski definition) is 0. The summed E-state index contributed by atoms with van der Waals surface area (Å²) < 4.78 is 0. The summed E-state index contributed by atoms with van der Waals surface area (Å²) in [6, 6.07) is 0.752. The Bertz CT molecular complexity index is 532. The Balaban J connectivity index is 1.31. The van der Waals surface area contributed by atoms with Gasteiger partial charge in [-0.15, -0.1) is 0 Å². The molecule has 0 aromatic carbocycles. The second kappa shape index (κ2) is 9.27. The molecule has 3 aliphatic rings. The maximum atomic E-state index is 4.76. The van der Waals surface area contributed by atoms with E-state index in [9.17, 15) is 0 Å². The first-order valence-electron chi connectivity index (χ1n) is 11.2. The fourth-order valence-corrected chi connectivity index (χ4v) is 5.19. The zero-order chi connectivity index (χ0) is 17.6. The van der Waals surface area contributed by atoms with E-state index in [2.05, 4.69) is 22.2 Å². The molecular weight excluding hydrogens is 320 g/mol. The second-order valence-corrected chi connectivity index (χ2v) is 8.74. The van der Waals surface area contributed by atoms with Gasteiger partial charge in [0, 0.05) is 36.5 Å². The van der Waals surface area contributed by atoms with E-state index in [1.807, 2.05) is 0 Å². The SMILES string of the molecule is c1nc(C2CCCCC2)ncc1CN1CCCC[C@H]1CCN1CCCC1. The Hall–Kier alpha value is -1.00. The van der Waals surface area contributed by atoms with Crippen molar-refractivity contribution >= 4 is 0 Å². The van der Waals surface area contributed by atoms with Crippen LogP contribution in [0, 0.1) is 0 Å². The first-order valence-corrected chi connectivity index (χ1v) is 11.2. The molecule has 1 atom stereocenters. The number of aromatic nitrogens is 2. The number of likely N-dealkylation sites (tertiary alicyclic amines) is 2. The standard InChI is InChI=1S/C22H36N4/c1-2-8-20(9-3-1)22-23-16-19(17-24-22)18-26-14-5-4-10-21(26)11-15-25-12-6-7-13-25/h16-17,20-21H,1-15,18H2/t21-/m0/s1. The first-order chi connectivity index (χ1) is 12.9. The minimum Gasteiger partial charge on any atom is -0.303 e. The van der Waals surface area contributed by atoms with Gasteiger partial charge in [0.05, 0.1) is 0 Å². The summed E-state index contributed by atoms with van der Waals surface area (Å²) in [4.78, 5) is 14.9. The van der Waals surface area contributed by atoms with Crippen molar-refractivity contribution in [3.05, 3.63) is 23.8 Å². The first kappa shape index (κ1) is 18.4. The van der Waals surface area contributed by atoms with Crippen molar-refractivity contribution in [2.75, 3.05) is 26.2 Å². The van der Waals surface area contributed by atoms with Crippen molar-refractivity contribution in [1.29, 1.82) is 0 Å². The average molecular weight is 357 g/mol. The van der Waals surface area contributed by atoms with Crippen LogP contribution >= 0.6 is 0 Å². The van der Waals surface area contributed by atoms with Crippen molar-refractivity contribution < 1.29 is 0 Å². The number of piperidine rings is 1. The lowest BCUT2D eigenvalue weighted by Crippen LogP contribution is -2.41. The van der Waals surface area contributed by atoms with E-state index in [-0.39, 0.29) is 0 Å². The molecule has 0 amide bonds. The fourth-order valence-electron chi connectivity index (χ4n) is 5.19. The minimum absolute atomic E-state index is 0.612. The van der Waals surface area contributed by atoms with Crippen molar-refractivity contribution in [3.63, 3.8) is 0 Å². The van der Waals surface area contributed by atoms with Gasteiger partial charge < -0.3 is 4.90 Å². The lowest BCUT2D eigenvalue weighted by Gasteiger charge is -2.36. The molecule has 0 unspecified atom stereocenters. The maximum Gasteiger partial charge on any atom is 0.131 e. The van der Waals surface area contributed by atoms with Crippen molar-refractivity contribution in [3.8, 4) is 0 Å². The monoisotopic (exact) mass is 356 g/mol. The van der Waals surface area contributed by atoms with Crippen LogP contribution in [0.3, 0.4) is 0 Å². The van der Waals surface area contributed by atoms with Crippen molar-refractivity contribution in [2.24, 2.45) is 0 Å². The van der Waals surface area contributed by atoms with Crippen LogP contribution < -0.4 is 0 Å². The third-order valence-corrected chi connectivity index (χ3v) is 6.81. The van der Waals surface area contributed by atoms with E-state index in [1.165, 1.54) is 102 Å². The van der Waals surface area contributed by atoms with Gasteiger partial charge in [0.25, 0.3) is 0 Å². The van der Waals surface area contributed by atoms with Gasteiger partial charge in [-0.2, -0.15) is 0 Å². The largest absolute Gasteiger partial charge is 0.303 e. The van der Waals surface area contributed by atoms with Gasteiger partial charge in [-0.3, -0.25) is 4.90 Å². The van der Waals surface area contributed by atoms with Crippen LogP contribution in [0.15, 0.2) is 12.4 Å². The van der Waals surface area contributed by atoms with Gasteiger partial charge in [0.2, 0.25) is 0 Å². The third-order valence-electron chi connectivity index (χ3n) is 6.81. The summed E-state index contributed by atoms with van der Waals surface area (Å²) in [5.74, 6) is 1.71. The van der Waals surface area contributed by atoms with Crippen LogP contribution in [0.1, 0.15) is 87.9 Å². The Labute approximate surface area is 159 Å². The molecule has 2 aliphatic heterocycles. The topological polar surface area (TPSA) is 32.3 Å². The van der Waals surface area contributed by atoms with Crippen LogP contribution in [-0.4, -0.2) is 52.0 Å². The quantitative estimate of drug-likeness (QED) is 0.758. The molecule has 4 heteroatoms. The molecule has 0 N–H and O–H groups in total. The number of hydrogen-bond acceptors (Lipinski definition) is 4. The van der Waals surface area contributed by atoms with Gasteiger partial charge >= 0.3 is 0 Å². The molecule has 2 saturated heterocycles. The molecule has 4 nitrogen and oxygen atoms in total. The summed E-state index contributed by atoms with van der Waals surface area (Å²) in [5.41, 5.74) is 1.30. The number of rotatable bonds is 6. The van der Waals surface area contributed by atoms with Gasteiger partial charge in [0.1, 0.15) is 5.82 Å². The molecule has 144 valence electrons. The van der Waals surface area contributed by atoms with Crippen LogP contribution in [0.25, 0.3) is 0 Å². The lowest BCUT2D eigenvalue weighted by molar-refractivity contribution is 0.121. The highest BCUT2D eigenvalue weighted by Gasteiger charge is 2.24. The normalized spacial score (nSPS) is 26.4. The minimum atomic E-state index is 0.612. The smallest absolute Gasteiger partial charge is 0.131 e. The second-order valence-electron chi connectivity index (χ2n) is 8.74. The van der Waals surface area contributed by atoms with Crippen LogP contribution in [0.5, 0.6) is 0 Å². The summed E-state index contributed by atoms with van der Waals surface area (Å²) >= 11 is 0. The zero-order valence-electron chi connectivity index (χ0n) is 16.4. The van der Waals surface area contributed by atoms with Gasteiger partial charge in [-0.1, -0.05) is 25.7 Å². The predicted octanol–water partition coefficient (Wildman–Crippen LogP) is 4.36. The average Bonchev–Trinajstić information content (AvgIpc) is 3.22. The predicted molar refractivity (Wildman–Crippen MR) is 106 cm³/mol. The van der Waals surface area contributed by atoms with Crippen molar-refractivity contribution in [2.45, 2.75) is 89.1 Å². The van der Waals surface area contributed by atoms with Gasteiger partial charge in [-0.05, 0) is 71.1 Å². The highest BCUT2D eigenvalue weighted by Crippen LogP contribution is 2.30. The molecule has 0 radical (unpaired) electrons. The van der Waals surface area contributed by atoms with Crippen LogP contribution in [0.4, 0.5) is 0 Å².